The molecule has 2 rings (SSSR count). The van der Waals surface area contributed by atoms with Crippen molar-refractivity contribution in [3.05, 3.63) is 59.2 Å². The summed E-state index contributed by atoms with van der Waals surface area (Å²) in [5, 5.41) is 5.79. The molecule has 0 radical (unpaired) electrons. The monoisotopic (exact) mass is 368 g/mol. The number of anilines is 1. The van der Waals surface area contributed by atoms with Gasteiger partial charge in [0.1, 0.15) is 11.8 Å². The number of benzene rings is 2. The molecule has 0 bridgehead atoms. The van der Waals surface area contributed by atoms with Gasteiger partial charge < -0.3 is 15.4 Å². The van der Waals surface area contributed by atoms with Crippen LogP contribution in [0.4, 0.5) is 5.69 Å². The van der Waals surface area contributed by atoms with E-state index in [4.69, 9.17) is 4.74 Å². The highest BCUT2D eigenvalue weighted by molar-refractivity contribution is 6.01. The Morgan fingerprint density at radius 3 is 2.30 bits per heavy atom. The van der Waals surface area contributed by atoms with Crippen molar-refractivity contribution in [1.82, 2.24) is 5.32 Å². The molecule has 27 heavy (non-hydrogen) atoms. The molecule has 144 valence electrons. The van der Waals surface area contributed by atoms with E-state index >= 15 is 0 Å². The number of carbonyl (C=O) groups excluding carboxylic acids is 2. The minimum atomic E-state index is -0.635. The second kappa shape index (κ2) is 9.21. The molecule has 0 heterocycles. The quantitative estimate of drug-likeness (QED) is 0.773. The first-order chi connectivity index (χ1) is 12.8. The van der Waals surface area contributed by atoms with E-state index < -0.39 is 6.04 Å². The molecule has 2 amide bonds. The molecule has 0 aromatic heterocycles. The van der Waals surface area contributed by atoms with Crippen molar-refractivity contribution >= 4 is 17.5 Å². The third-order valence-corrected chi connectivity index (χ3v) is 4.31. The van der Waals surface area contributed by atoms with E-state index in [1.165, 1.54) is 0 Å². The fourth-order valence-electron chi connectivity index (χ4n) is 2.71. The molecule has 2 aromatic rings. The van der Waals surface area contributed by atoms with Gasteiger partial charge in [0.25, 0.3) is 5.91 Å². The van der Waals surface area contributed by atoms with Crippen LogP contribution >= 0.6 is 0 Å². The van der Waals surface area contributed by atoms with Crippen molar-refractivity contribution in [2.45, 2.75) is 40.7 Å². The Hall–Kier alpha value is -2.82. The summed E-state index contributed by atoms with van der Waals surface area (Å²) >= 11 is 0. The number of carbonyl (C=O) groups is 2. The highest BCUT2D eigenvalue weighted by Crippen LogP contribution is 2.18. The third-order valence-electron chi connectivity index (χ3n) is 4.31. The maximum Gasteiger partial charge on any atom is 0.251 e. The van der Waals surface area contributed by atoms with Gasteiger partial charge in [-0.15, -0.1) is 0 Å². The van der Waals surface area contributed by atoms with Crippen LogP contribution < -0.4 is 15.4 Å². The Balaban J connectivity index is 2.10. The summed E-state index contributed by atoms with van der Waals surface area (Å²) < 4.78 is 5.39. The number of nitrogens with one attached hydrogen (secondary N) is 2. The van der Waals surface area contributed by atoms with Gasteiger partial charge in [0, 0.05) is 11.3 Å². The zero-order valence-corrected chi connectivity index (χ0v) is 16.6. The molecule has 5 heteroatoms. The van der Waals surface area contributed by atoms with Gasteiger partial charge >= 0.3 is 0 Å². The molecule has 0 aliphatic heterocycles. The summed E-state index contributed by atoms with van der Waals surface area (Å²) in [5.41, 5.74) is 3.30. The Labute approximate surface area is 161 Å². The Bertz CT molecular complexity index is 798. The average Bonchev–Trinajstić information content (AvgIpc) is 2.63. The first-order valence-corrected chi connectivity index (χ1v) is 9.23. The number of aryl methyl sites for hydroxylation is 2. The molecule has 0 aliphatic carbocycles. The van der Waals surface area contributed by atoms with Gasteiger partial charge in [0.05, 0.1) is 6.61 Å². The van der Waals surface area contributed by atoms with E-state index in [2.05, 4.69) is 10.6 Å². The fraction of sp³-hybridized carbons (Fsp3) is 0.364. The van der Waals surface area contributed by atoms with Gasteiger partial charge in [0.2, 0.25) is 5.91 Å². The Morgan fingerprint density at radius 2 is 1.70 bits per heavy atom. The first-order valence-electron chi connectivity index (χ1n) is 9.23. The molecular formula is C22H28N2O3. The van der Waals surface area contributed by atoms with Gasteiger partial charge in [-0.25, -0.2) is 0 Å². The van der Waals surface area contributed by atoms with Crippen LogP contribution in [0.15, 0.2) is 42.5 Å². The fourth-order valence-corrected chi connectivity index (χ4v) is 2.71. The van der Waals surface area contributed by atoms with E-state index in [9.17, 15) is 9.59 Å². The van der Waals surface area contributed by atoms with E-state index in [-0.39, 0.29) is 17.7 Å². The molecule has 2 aromatic carbocycles. The summed E-state index contributed by atoms with van der Waals surface area (Å²) in [7, 11) is 0. The van der Waals surface area contributed by atoms with Gasteiger partial charge in [0.15, 0.2) is 0 Å². The van der Waals surface area contributed by atoms with E-state index in [0.717, 1.165) is 16.8 Å². The van der Waals surface area contributed by atoms with Gasteiger partial charge in [-0.3, -0.25) is 9.59 Å². The lowest BCUT2D eigenvalue weighted by molar-refractivity contribution is -0.118. The molecule has 0 aliphatic rings. The van der Waals surface area contributed by atoms with E-state index in [1.54, 1.807) is 24.3 Å². The van der Waals surface area contributed by atoms with Crippen LogP contribution in [0, 0.1) is 19.8 Å². The van der Waals surface area contributed by atoms with Crippen molar-refractivity contribution in [1.29, 1.82) is 0 Å². The number of amides is 2. The molecule has 0 spiro atoms. The molecule has 0 saturated heterocycles. The second-order valence-electron chi connectivity index (χ2n) is 6.96. The van der Waals surface area contributed by atoms with Crippen LogP contribution in [0.3, 0.4) is 0 Å². The van der Waals surface area contributed by atoms with E-state index in [1.807, 2.05) is 52.8 Å². The smallest absolute Gasteiger partial charge is 0.251 e. The number of hydrogen-bond donors (Lipinski definition) is 2. The topological polar surface area (TPSA) is 67.4 Å². The lowest BCUT2D eigenvalue weighted by atomic mass is 10.0. The van der Waals surface area contributed by atoms with Crippen LogP contribution in [0.2, 0.25) is 0 Å². The minimum absolute atomic E-state index is 0.0539. The number of hydrogen-bond acceptors (Lipinski definition) is 3. The largest absolute Gasteiger partial charge is 0.494 e. The maximum absolute atomic E-state index is 12.8. The average molecular weight is 368 g/mol. The van der Waals surface area contributed by atoms with Crippen molar-refractivity contribution in [2.75, 3.05) is 11.9 Å². The molecule has 0 saturated carbocycles. The second-order valence-corrected chi connectivity index (χ2v) is 6.96. The molecular weight excluding hydrogens is 340 g/mol. The lowest BCUT2D eigenvalue weighted by Crippen LogP contribution is -2.47. The van der Waals surface area contributed by atoms with Crippen molar-refractivity contribution in [3.8, 4) is 5.75 Å². The molecule has 5 nitrogen and oxygen atoms in total. The maximum atomic E-state index is 12.8. The number of rotatable bonds is 7. The number of ether oxygens (including phenoxy) is 1. The first kappa shape index (κ1) is 20.5. The van der Waals surface area contributed by atoms with Gasteiger partial charge in [-0.1, -0.05) is 26.0 Å². The van der Waals surface area contributed by atoms with Crippen molar-refractivity contribution < 1.29 is 14.3 Å². The SMILES string of the molecule is CCOc1ccc(C(=O)NC(C(=O)Nc2cc(C)ccc2C)C(C)C)cc1. The Morgan fingerprint density at radius 1 is 1.04 bits per heavy atom. The summed E-state index contributed by atoms with van der Waals surface area (Å²) in [5.74, 6) is 0.148. The zero-order valence-electron chi connectivity index (χ0n) is 16.6. The minimum Gasteiger partial charge on any atom is -0.494 e. The molecule has 0 fully saturated rings. The normalized spacial score (nSPS) is 11.8. The standard InChI is InChI=1S/C22H28N2O3/c1-6-27-18-11-9-17(10-12-18)21(25)24-20(14(2)3)22(26)23-19-13-15(4)7-8-16(19)5/h7-14,20H,6H2,1-5H3,(H,23,26)(H,24,25). The highest BCUT2D eigenvalue weighted by atomic mass is 16.5. The predicted octanol–water partition coefficient (Wildman–Crippen LogP) is 4.10. The summed E-state index contributed by atoms with van der Waals surface area (Å²) in [6, 6.07) is 12.1. The molecule has 1 atom stereocenters. The van der Waals surface area contributed by atoms with Gasteiger partial charge in [-0.2, -0.15) is 0 Å². The summed E-state index contributed by atoms with van der Waals surface area (Å²) in [6.45, 7) is 10.2. The summed E-state index contributed by atoms with van der Waals surface area (Å²) in [4.78, 5) is 25.4. The molecule has 2 N–H and O–H groups in total. The van der Waals surface area contributed by atoms with E-state index in [0.29, 0.717) is 17.9 Å². The zero-order chi connectivity index (χ0) is 20.0. The third kappa shape index (κ3) is 5.58. The highest BCUT2D eigenvalue weighted by Gasteiger charge is 2.25. The van der Waals surface area contributed by atoms with Crippen LogP contribution in [0.1, 0.15) is 42.3 Å². The van der Waals surface area contributed by atoms with Crippen LogP contribution in [0.25, 0.3) is 0 Å². The predicted molar refractivity (Wildman–Crippen MR) is 108 cm³/mol. The van der Waals surface area contributed by atoms with Crippen molar-refractivity contribution in [3.63, 3.8) is 0 Å². The molecule has 1 unspecified atom stereocenters. The van der Waals surface area contributed by atoms with Crippen molar-refractivity contribution in [2.24, 2.45) is 5.92 Å². The van der Waals surface area contributed by atoms with Gasteiger partial charge in [-0.05, 0) is 68.1 Å². The van der Waals surface area contributed by atoms with Crippen LogP contribution in [0.5, 0.6) is 5.75 Å². The summed E-state index contributed by atoms with van der Waals surface area (Å²) in [6.07, 6.45) is 0. The van der Waals surface area contributed by atoms with Crippen LogP contribution in [-0.4, -0.2) is 24.5 Å². The Kier molecular flexibility index (Phi) is 6.99. The van der Waals surface area contributed by atoms with Crippen LogP contribution in [-0.2, 0) is 4.79 Å². The lowest BCUT2D eigenvalue weighted by Gasteiger charge is -2.22.